The fraction of sp³-hybridized carbons (Fsp3) is 0.429. The predicted octanol–water partition coefficient (Wildman–Crippen LogP) is 0.811. The molecular formula is C7H10N2O2. The van der Waals surface area contributed by atoms with E-state index < -0.39 is 12.1 Å². The zero-order valence-electron chi connectivity index (χ0n) is 6.33. The number of carbonyl (C=O) groups is 1. The standard InChI is InChI=1S/C7H10N2O2/c1-3-4-11-7(10)9-6(2)5-8/h3,6H,1,4H2,2H3,(H,9,10)/t6-/m0/s1. The first-order chi connectivity index (χ1) is 5.20. The molecular weight excluding hydrogens is 144 g/mol. The van der Waals surface area contributed by atoms with Gasteiger partial charge in [-0.3, -0.25) is 0 Å². The Balaban J connectivity index is 3.53. The highest BCUT2D eigenvalue weighted by Gasteiger charge is 2.04. The number of amides is 1. The van der Waals surface area contributed by atoms with Gasteiger partial charge in [-0.15, -0.1) is 0 Å². The van der Waals surface area contributed by atoms with Crippen molar-refractivity contribution in [2.75, 3.05) is 6.61 Å². The van der Waals surface area contributed by atoms with Crippen molar-refractivity contribution in [2.45, 2.75) is 13.0 Å². The van der Waals surface area contributed by atoms with Crippen molar-refractivity contribution in [3.63, 3.8) is 0 Å². The van der Waals surface area contributed by atoms with E-state index in [1.54, 1.807) is 6.92 Å². The van der Waals surface area contributed by atoms with Crippen molar-refractivity contribution in [2.24, 2.45) is 0 Å². The zero-order valence-corrected chi connectivity index (χ0v) is 6.33. The fourth-order valence-electron chi connectivity index (χ4n) is 0.385. The summed E-state index contributed by atoms with van der Waals surface area (Å²) in [6.07, 6.45) is 0.857. The molecule has 0 bridgehead atoms. The van der Waals surface area contributed by atoms with E-state index in [0.717, 1.165) is 0 Å². The first-order valence-electron chi connectivity index (χ1n) is 3.14. The van der Waals surface area contributed by atoms with Gasteiger partial charge in [0.1, 0.15) is 12.6 Å². The highest BCUT2D eigenvalue weighted by Crippen LogP contribution is 1.81. The van der Waals surface area contributed by atoms with Gasteiger partial charge in [-0.25, -0.2) is 4.79 Å². The van der Waals surface area contributed by atoms with E-state index in [-0.39, 0.29) is 6.61 Å². The number of nitriles is 1. The maximum Gasteiger partial charge on any atom is 0.408 e. The molecule has 1 N–H and O–H groups in total. The molecule has 0 heterocycles. The summed E-state index contributed by atoms with van der Waals surface area (Å²) in [6.45, 7) is 5.08. The maximum absolute atomic E-state index is 10.6. The van der Waals surface area contributed by atoms with E-state index in [1.165, 1.54) is 6.08 Å². The Morgan fingerprint density at radius 3 is 3.09 bits per heavy atom. The quantitative estimate of drug-likeness (QED) is 0.612. The van der Waals surface area contributed by atoms with Crippen molar-refractivity contribution in [3.8, 4) is 6.07 Å². The average molecular weight is 154 g/mol. The van der Waals surface area contributed by atoms with Gasteiger partial charge in [0.15, 0.2) is 0 Å². The van der Waals surface area contributed by atoms with E-state index >= 15 is 0 Å². The van der Waals surface area contributed by atoms with Crippen LogP contribution in [0.15, 0.2) is 12.7 Å². The molecule has 0 aromatic rings. The number of ether oxygens (including phenoxy) is 1. The Bertz CT molecular complexity index is 183. The Labute approximate surface area is 65.5 Å². The highest BCUT2D eigenvalue weighted by atomic mass is 16.5. The summed E-state index contributed by atoms with van der Waals surface area (Å²) < 4.78 is 4.54. The summed E-state index contributed by atoms with van der Waals surface area (Å²) in [7, 11) is 0. The second-order valence-corrected chi connectivity index (χ2v) is 1.88. The van der Waals surface area contributed by atoms with E-state index in [1.807, 2.05) is 6.07 Å². The smallest absolute Gasteiger partial charge is 0.408 e. The normalized spacial score (nSPS) is 10.9. The third-order valence-electron chi connectivity index (χ3n) is 0.860. The van der Waals surface area contributed by atoms with Crippen LogP contribution in [0.2, 0.25) is 0 Å². The minimum Gasteiger partial charge on any atom is -0.445 e. The predicted molar refractivity (Wildman–Crippen MR) is 39.8 cm³/mol. The lowest BCUT2D eigenvalue weighted by Gasteiger charge is -2.04. The molecule has 0 aromatic carbocycles. The zero-order chi connectivity index (χ0) is 8.69. The topological polar surface area (TPSA) is 62.1 Å². The average Bonchev–Trinajstić information content (AvgIpc) is 2.00. The summed E-state index contributed by atoms with van der Waals surface area (Å²) in [6, 6.07) is 1.31. The Kier molecular flexibility index (Phi) is 4.58. The summed E-state index contributed by atoms with van der Waals surface area (Å²) in [5.74, 6) is 0. The van der Waals surface area contributed by atoms with Crippen LogP contribution >= 0.6 is 0 Å². The molecule has 0 aliphatic heterocycles. The lowest BCUT2D eigenvalue weighted by atomic mass is 10.4. The number of nitrogens with zero attached hydrogens (tertiary/aromatic N) is 1. The van der Waals surface area contributed by atoms with Gasteiger partial charge < -0.3 is 10.1 Å². The molecule has 0 saturated heterocycles. The largest absolute Gasteiger partial charge is 0.445 e. The molecule has 0 unspecified atom stereocenters. The molecule has 4 heteroatoms. The maximum atomic E-state index is 10.6. The van der Waals surface area contributed by atoms with Crippen LogP contribution in [0.3, 0.4) is 0 Å². The summed E-state index contributed by atoms with van der Waals surface area (Å²) in [5.41, 5.74) is 0. The Morgan fingerprint density at radius 1 is 2.00 bits per heavy atom. The van der Waals surface area contributed by atoms with Crippen LogP contribution < -0.4 is 5.32 Å². The van der Waals surface area contributed by atoms with Gasteiger partial charge in [0, 0.05) is 0 Å². The van der Waals surface area contributed by atoms with E-state index in [0.29, 0.717) is 0 Å². The van der Waals surface area contributed by atoms with Crippen LogP contribution in [0.5, 0.6) is 0 Å². The molecule has 1 amide bonds. The number of rotatable bonds is 3. The fourth-order valence-corrected chi connectivity index (χ4v) is 0.385. The number of alkyl carbamates (subject to hydrolysis) is 1. The van der Waals surface area contributed by atoms with Crippen molar-refractivity contribution < 1.29 is 9.53 Å². The van der Waals surface area contributed by atoms with Gasteiger partial charge in [0.2, 0.25) is 0 Å². The van der Waals surface area contributed by atoms with Gasteiger partial charge in [-0.05, 0) is 6.92 Å². The lowest BCUT2D eigenvalue weighted by molar-refractivity contribution is 0.157. The molecule has 0 radical (unpaired) electrons. The number of hydrogen-bond donors (Lipinski definition) is 1. The first kappa shape index (κ1) is 9.50. The Hall–Kier alpha value is -1.50. The van der Waals surface area contributed by atoms with Gasteiger partial charge in [0.25, 0.3) is 0 Å². The van der Waals surface area contributed by atoms with Crippen LogP contribution in [-0.4, -0.2) is 18.7 Å². The van der Waals surface area contributed by atoms with Crippen LogP contribution in [-0.2, 0) is 4.74 Å². The molecule has 1 atom stereocenters. The van der Waals surface area contributed by atoms with Crippen LogP contribution in [0.25, 0.3) is 0 Å². The first-order valence-corrected chi connectivity index (χ1v) is 3.14. The summed E-state index contributed by atoms with van der Waals surface area (Å²) in [5, 5.41) is 10.6. The summed E-state index contributed by atoms with van der Waals surface area (Å²) in [4.78, 5) is 10.6. The molecule has 4 nitrogen and oxygen atoms in total. The molecule has 0 aliphatic carbocycles. The van der Waals surface area contributed by atoms with Crippen LogP contribution in [0.4, 0.5) is 4.79 Å². The number of carbonyl (C=O) groups excluding carboxylic acids is 1. The van der Waals surface area contributed by atoms with Crippen molar-refractivity contribution in [1.82, 2.24) is 5.32 Å². The molecule has 0 aliphatic rings. The molecule has 0 rings (SSSR count). The third-order valence-corrected chi connectivity index (χ3v) is 0.860. The monoisotopic (exact) mass is 154 g/mol. The van der Waals surface area contributed by atoms with E-state index in [9.17, 15) is 4.79 Å². The molecule has 0 fully saturated rings. The van der Waals surface area contributed by atoms with Gasteiger partial charge in [0.05, 0.1) is 6.07 Å². The second-order valence-electron chi connectivity index (χ2n) is 1.88. The number of hydrogen-bond acceptors (Lipinski definition) is 3. The second kappa shape index (κ2) is 5.30. The molecule has 11 heavy (non-hydrogen) atoms. The Morgan fingerprint density at radius 2 is 2.64 bits per heavy atom. The SMILES string of the molecule is C=CCOC(=O)N[C@@H](C)C#N. The van der Waals surface area contributed by atoms with Crippen LogP contribution in [0.1, 0.15) is 6.92 Å². The molecule has 0 spiro atoms. The van der Waals surface area contributed by atoms with E-state index in [2.05, 4.69) is 16.6 Å². The lowest BCUT2D eigenvalue weighted by Crippen LogP contribution is -2.31. The van der Waals surface area contributed by atoms with Crippen molar-refractivity contribution in [3.05, 3.63) is 12.7 Å². The molecule has 60 valence electrons. The molecule has 0 saturated carbocycles. The molecule has 0 aromatic heterocycles. The van der Waals surface area contributed by atoms with Crippen LogP contribution in [0, 0.1) is 11.3 Å². The van der Waals surface area contributed by atoms with Crippen molar-refractivity contribution in [1.29, 1.82) is 5.26 Å². The number of nitrogens with one attached hydrogen (secondary N) is 1. The van der Waals surface area contributed by atoms with Crippen molar-refractivity contribution >= 4 is 6.09 Å². The van der Waals surface area contributed by atoms with Gasteiger partial charge in [-0.2, -0.15) is 5.26 Å². The van der Waals surface area contributed by atoms with Gasteiger partial charge >= 0.3 is 6.09 Å². The minimum atomic E-state index is -0.598. The summed E-state index contributed by atoms with van der Waals surface area (Å²) >= 11 is 0. The highest BCUT2D eigenvalue weighted by molar-refractivity contribution is 5.68. The third kappa shape index (κ3) is 4.97. The minimum absolute atomic E-state index is 0.157. The van der Waals surface area contributed by atoms with Gasteiger partial charge in [-0.1, -0.05) is 12.7 Å². The van der Waals surface area contributed by atoms with E-state index in [4.69, 9.17) is 5.26 Å².